The number of rotatable bonds is 2. The molecule has 3 nitrogen and oxygen atoms in total. The molecule has 1 heterocycles. The second-order valence-electron chi connectivity index (χ2n) is 5.60. The number of aromatic carboxylic acids is 1. The van der Waals surface area contributed by atoms with Crippen molar-refractivity contribution in [2.45, 2.75) is 45.4 Å². The van der Waals surface area contributed by atoms with Gasteiger partial charge in [-0.3, -0.25) is 0 Å². The van der Waals surface area contributed by atoms with Crippen molar-refractivity contribution in [1.82, 2.24) is 4.98 Å². The summed E-state index contributed by atoms with van der Waals surface area (Å²) in [4.78, 5) is 16.1. The highest BCUT2D eigenvalue weighted by atomic mass is 32.1. The summed E-state index contributed by atoms with van der Waals surface area (Å²) in [6.07, 6.45) is 1.15. The van der Waals surface area contributed by atoms with Gasteiger partial charge in [-0.1, -0.05) is 27.7 Å². The molecule has 0 amide bonds. The highest BCUT2D eigenvalue weighted by Crippen LogP contribution is 2.49. The predicted molar refractivity (Wildman–Crippen MR) is 64.3 cm³/mol. The summed E-state index contributed by atoms with van der Waals surface area (Å²) in [5, 5.41) is 10.2. The van der Waals surface area contributed by atoms with E-state index in [1.807, 2.05) is 20.8 Å². The van der Waals surface area contributed by atoms with E-state index in [1.165, 1.54) is 11.3 Å². The van der Waals surface area contributed by atoms with E-state index in [0.29, 0.717) is 16.7 Å². The topological polar surface area (TPSA) is 50.2 Å². The molecule has 88 valence electrons. The maximum absolute atomic E-state index is 11.2. The van der Waals surface area contributed by atoms with Crippen LogP contribution in [0, 0.1) is 5.92 Å². The minimum Gasteiger partial charge on any atom is -0.477 e. The largest absolute Gasteiger partial charge is 0.477 e. The summed E-state index contributed by atoms with van der Waals surface area (Å²) in [5.74, 6) is 0.321. The number of carboxylic acid groups (broad SMARTS) is 1. The molecule has 2 rings (SSSR count). The first-order chi connectivity index (χ1) is 7.30. The van der Waals surface area contributed by atoms with Gasteiger partial charge >= 0.3 is 5.97 Å². The van der Waals surface area contributed by atoms with Crippen LogP contribution < -0.4 is 0 Å². The van der Waals surface area contributed by atoms with Crippen molar-refractivity contribution in [2.75, 3.05) is 0 Å². The van der Waals surface area contributed by atoms with Gasteiger partial charge in [0.2, 0.25) is 0 Å². The molecule has 1 aromatic rings. The van der Waals surface area contributed by atoms with E-state index in [0.717, 1.165) is 17.1 Å². The molecular formula is C12H17NO2S. The number of nitrogens with zero attached hydrogens (tertiary/aromatic N) is 1. The molecule has 2 atom stereocenters. The zero-order valence-electron chi connectivity index (χ0n) is 10.1. The lowest BCUT2D eigenvalue weighted by Crippen LogP contribution is -2.16. The molecule has 0 bridgehead atoms. The smallest absolute Gasteiger partial charge is 0.347 e. The normalized spacial score (nSPS) is 24.5. The van der Waals surface area contributed by atoms with Crippen molar-refractivity contribution in [2.24, 2.45) is 5.92 Å². The Morgan fingerprint density at radius 1 is 1.50 bits per heavy atom. The highest BCUT2D eigenvalue weighted by Gasteiger charge is 2.39. The van der Waals surface area contributed by atoms with Gasteiger partial charge < -0.3 is 5.11 Å². The minimum absolute atomic E-state index is 0.194. The monoisotopic (exact) mass is 239 g/mol. The lowest BCUT2D eigenvalue weighted by atomic mass is 9.91. The average Bonchev–Trinajstić information content (AvgIpc) is 2.70. The van der Waals surface area contributed by atoms with Crippen LogP contribution in [0.25, 0.3) is 0 Å². The molecule has 16 heavy (non-hydrogen) atoms. The molecule has 1 saturated carbocycles. The van der Waals surface area contributed by atoms with Gasteiger partial charge in [-0.05, 0) is 12.3 Å². The standard InChI is InChI=1S/C12H17NO2S/c1-6-5-7(6)10-13-9(12(2,3)4)8(16-10)11(14)15/h6-7H,5H2,1-4H3,(H,14,15). The molecule has 0 saturated heterocycles. The van der Waals surface area contributed by atoms with E-state index in [4.69, 9.17) is 0 Å². The lowest BCUT2D eigenvalue weighted by molar-refractivity contribution is 0.0699. The quantitative estimate of drug-likeness (QED) is 0.861. The summed E-state index contributed by atoms with van der Waals surface area (Å²) in [6.45, 7) is 8.21. The highest BCUT2D eigenvalue weighted by molar-refractivity contribution is 7.13. The SMILES string of the molecule is CC1CC1c1nc(C(C)(C)C)c(C(=O)O)s1. The van der Waals surface area contributed by atoms with Crippen LogP contribution in [0.1, 0.15) is 60.4 Å². The third-order valence-corrected chi connectivity index (χ3v) is 4.15. The van der Waals surface area contributed by atoms with Crippen molar-refractivity contribution >= 4 is 17.3 Å². The third-order valence-electron chi connectivity index (χ3n) is 2.98. The Labute approximate surface area is 99.5 Å². The Morgan fingerprint density at radius 2 is 2.06 bits per heavy atom. The van der Waals surface area contributed by atoms with Crippen LogP contribution in [0.3, 0.4) is 0 Å². The summed E-state index contributed by atoms with van der Waals surface area (Å²) >= 11 is 1.36. The van der Waals surface area contributed by atoms with E-state index >= 15 is 0 Å². The van der Waals surface area contributed by atoms with Crippen molar-refractivity contribution in [3.63, 3.8) is 0 Å². The van der Waals surface area contributed by atoms with E-state index in [9.17, 15) is 9.90 Å². The molecule has 0 aliphatic heterocycles. The fraction of sp³-hybridized carbons (Fsp3) is 0.667. The summed E-state index contributed by atoms with van der Waals surface area (Å²) in [6, 6.07) is 0. The fourth-order valence-electron chi connectivity index (χ4n) is 1.81. The van der Waals surface area contributed by atoms with Crippen LogP contribution in [-0.2, 0) is 5.41 Å². The Bertz CT molecular complexity index is 431. The van der Waals surface area contributed by atoms with E-state index in [2.05, 4.69) is 11.9 Å². The minimum atomic E-state index is -0.845. The zero-order valence-corrected chi connectivity index (χ0v) is 10.9. The van der Waals surface area contributed by atoms with Crippen LogP contribution in [-0.4, -0.2) is 16.1 Å². The number of thiazole rings is 1. The van der Waals surface area contributed by atoms with Gasteiger partial charge in [0.15, 0.2) is 0 Å². The van der Waals surface area contributed by atoms with Gasteiger partial charge in [-0.2, -0.15) is 0 Å². The first kappa shape index (κ1) is 11.6. The Kier molecular flexibility index (Phi) is 2.57. The van der Waals surface area contributed by atoms with Gasteiger partial charge in [0.1, 0.15) is 4.88 Å². The van der Waals surface area contributed by atoms with E-state index in [1.54, 1.807) is 0 Å². The van der Waals surface area contributed by atoms with Crippen molar-refractivity contribution in [3.8, 4) is 0 Å². The molecule has 1 aliphatic rings. The number of aromatic nitrogens is 1. The number of carbonyl (C=O) groups is 1. The molecule has 0 radical (unpaired) electrons. The molecule has 1 aliphatic carbocycles. The molecule has 1 N–H and O–H groups in total. The molecule has 2 unspecified atom stereocenters. The maximum atomic E-state index is 11.2. The average molecular weight is 239 g/mol. The molecular weight excluding hydrogens is 222 g/mol. The van der Waals surface area contributed by atoms with Crippen LogP contribution in [0.2, 0.25) is 0 Å². The Hall–Kier alpha value is -0.900. The van der Waals surface area contributed by atoms with Gasteiger partial charge in [-0.25, -0.2) is 9.78 Å². The summed E-state index contributed by atoms with van der Waals surface area (Å²) in [7, 11) is 0. The van der Waals surface area contributed by atoms with Crippen LogP contribution in [0.4, 0.5) is 0 Å². The lowest BCUT2D eigenvalue weighted by Gasteiger charge is -2.16. The molecule has 4 heteroatoms. The van der Waals surface area contributed by atoms with E-state index < -0.39 is 5.97 Å². The van der Waals surface area contributed by atoms with Crippen LogP contribution in [0.15, 0.2) is 0 Å². The molecule has 0 aromatic carbocycles. The fourth-order valence-corrected chi connectivity index (χ4v) is 3.18. The van der Waals surface area contributed by atoms with E-state index in [-0.39, 0.29) is 5.41 Å². The van der Waals surface area contributed by atoms with Crippen molar-refractivity contribution in [3.05, 3.63) is 15.6 Å². The Morgan fingerprint density at radius 3 is 2.38 bits per heavy atom. The molecule has 1 fully saturated rings. The number of hydrogen-bond donors (Lipinski definition) is 1. The first-order valence-electron chi connectivity index (χ1n) is 5.55. The summed E-state index contributed by atoms with van der Waals surface area (Å²) in [5.41, 5.74) is 0.541. The predicted octanol–water partition coefficient (Wildman–Crippen LogP) is 3.26. The zero-order chi connectivity index (χ0) is 12.1. The van der Waals surface area contributed by atoms with Gasteiger partial charge in [0.05, 0.1) is 10.7 Å². The van der Waals surface area contributed by atoms with Gasteiger partial charge in [0, 0.05) is 11.3 Å². The maximum Gasteiger partial charge on any atom is 0.347 e. The second-order valence-corrected chi connectivity index (χ2v) is 6.64. The second kappa shape index (κ2) is 3.55. The number of carboxylic acids is 1. The number of hydrogen-bond acceptors (Lipinski definition) is 3. The van der Waals surface area contributed by atoms with Crippen LogP contribution >= 0.6 is 11.3 Å². The first-order valence-corrected chi connectivity index (χ1v) is 6.37. The van der Waals surface area contributed by atoms with Gasteiger partial charge in [-0.15, -0.1) is 11.3 Å². The molecule has 1 aromatic heterocycles. The van der Waals surface area contributed by atoms with Gasteiger partial charge in [0.25, 0.3) is 0 Å². The molecule has 0 spiro atoms. The Balaban J connectivity index is 2.42. The van der Waals surface area contributed by atoms with Crippen molar-refractivity contribution < 1.29 is 9.90 Å². The third kappa shape index (κ3) is 1.98. The van der Waals surface area contributed by atoms with Crippen LogP contribution in [0.5, 0.6) is 0 Å². The summed E-state index contributed by atoms with van der Waals surface area (Å²) < 4.78 is 0. The van der Waals surface area contributed by atoms with Crippen molar-refractivity contribution in [1.29, 1.82) is 0 Å².